The van der Waals surface area contributed by atoms with E-state index in [1.54, 1.807) is 41.3 Å². The lowest BCUT2D eigenvalue weighted by Gasteiger charge is -2.23. The number of likely N-dealkylation sites (tertiary alicyclic amines) is 1. The number of benzene rings is 1. The molecular weight excluding hydrogens is 336 g/mol. The number of carbonyl (C=O) groups excluding carboxylic acids is 3. The van der Waals surface area contributed by atoms with Crippen molar-refractivity contribution < 1.29 is 23.5 Å². The molecule has 0 unspecified atom stereocenters. The van der Waals surface area contributed by atoms with E-state index in [1.807, 2.05) is 0 Å². The Labute approximate surface area is 150 Å². The van der Waals surface area contributed by atoms with E-state index in [-0.39, 0.29) is 17.6 Å². The number of ether oxygens (including phenoxy) is 1. The summed E-state index contributed by atoms with van der Waals surface area (Å²) in [6.07, 6.45) is 2.84. The van der Waals surface area contributed by atoms with Crippen molar-refractivity contribution in [2.75, 3.05) is 13.7 Å². The van der Waals surface area contributed by atoms with Crippen molar-refractivity contribution in [2.24, 2.45) is 0 Å². The molecule has 2 heterocycles. The molecule has 7 nitrogen and oxygen atoms in total. The first-order valence-corrected chi connectivity index (χ1v) is 8.39. The van der Waals surface area contributed by atoms with E-state index < -0.39 is 12.0 Å². The average molecular weight is 356 g/mol. The topological polar surface area (TPSA) is 88.9 Å². The molecule has 0 spiro atoms. The predicted molar refractivity (Wildman–Crippen MR) is 92.4 cm³/mol. The normalized spacial score (nSPS) is 16.3. The third-order valence-corrected chi connectivity index (χ3v) is 4.39. The first-order chi connectivity index (χ1) is 12.6. The molecular formula is C19H20N2O5. The fourth-order valence-electron chi connectivity index (χ4n) is 3.01. The van der Waals surface area contributed by atoms with Gasteiger partial charge in [-0.05, 0) is 42.7 Å². The summed E-state index contributed by atoms with van der Waals surface area (Å²) in [5.41, 5.74) is 1.31. The van der Waals surface area contributed by atoms with Gasteiger partial charge in [-0.15, -0.1) is 0 Å². The molecule has 0 radical (unpaired) electrons. The van der Waals surface area contributed by atoms with E-state index in [0.717, 1.165) is 12.0 Å². The first-order valence-electron chi connectivity index (χ1n) is 8.39. The Balaban J connectivity index is 1.59. The Morgan fingerprint density at radius 3 is 2.65 bits per heavy atom. The zero-order chi connectivity index (χ0) is 18.5. The van der Waals surface area contributed by atoms with Crippen LogP contribution in [0.4, 0.5) is 0 Å². The van der Waals surface area contributed by atoms with Gasteiger partial charge in [0.05, 0.1) is 18.9 Å². The van der Waals surface area contributed by atoms with Gasteiger partial charge in [-0.1, -0.05) is 12.1 Å². The molecule has 1 aliphatic heterocycles. The lowest BCUT2D eigenvalue weighted by Crippen LogP contribution is -2.45. The summed E-state index contributed by atoms with van der Waals surface area (Å²) in [5.74, 6) is -0.628. The summed E-state index contributed by atoms with van der Waals surface area (Å²) in [4.78, 5) is 37.9. The third kappa shape index (κ3) is 3.77. The molecule has 0 aliphatic carbocycles. The number of methoxy groups -OCH3 is 1. The van der Waals surface area contributed by atoms with Crippen molar-refractivity contribution in [3.63, 3.8) is 0 Å². The summed E-state index contributed by atoms with van der Waals surface area (Å²) in [5, 5.41) is 2.85. The number of hydrogen-bond donors (Lipinski definition) is 1. The van der Waals surface area contributed by atoms with Crippen LogP contribution < -0.4 is 5.32 Å². The van der Waals surface area contributed by atoms with Crippen LogP contribution in [0.15, 0.2) is 47.1 Å². The molecule has 7 heteroatoms. The summed E-state index contributed by atoms with van der Waals surface area (Å²) >= 11 is 0. The van der Waals surface area contributed by atoms with Gasteiger partial charge in [0.15, 0.2) is 5.76 Å². The number of nitrogens with zero attached hydrogens (tertiary/aromatic N) is 1. The van der Waals surface area contributed by atoms with Gasteiger partial charge in [0, 0.05) is 13.1 Å². The SMILES string of the molecule is COC(=O)c1ccc(CNC(=O)[C@@H]2CCCN2C(=O)c2ccco2)cc1. The summed E-state index contributed by atoms with van der Waals surface area (Å²) < 4.78 is 9.80. The molecule has 1 N–H and O–H groups in total. The molecule has 1 saturated heterocycles. The standard InChI is InChI=1S/C19H20N2O5/c1-25-19(24)14-8-6-13(7-9-14)12-20-17(22)15-4-2-10-21(15)18(23)16-5-3-11-26-16/h3,5-9,11,15H,2,4,10,12H2,1H3,(H,20,22)/t15-/m0/s1. The molecule has 1 aromatic heterocycles. The van der Waals surface area contributed by atoms with Gasteiger partial charge in [0.2, 0.25) is 5.91 Å². The number of nitrogens with one attached hydrogen (secondary N) is 1. The molecule has 1 aliphatic rings. The number of esters is 1. The number of carbonyl (C=O) groups is 3. The molecule has 3 rings (SSSR count). The Hall–Kier alpha value is -3.09. The first kappa shape index (κ1) is 17.7. The van der Waals surface area contributed by atoms with Crippen LogP contribution in [0, 0.1) is 0 Å². The van der Waals surface area contributed by atoms with Gasteiger partial charge in [-0.25, -0.2) is 4.79 Å². The van der Waals surface area contributed by atoms with Crippen LogP contribution in [0.1, 0.15) is 39.3 Å². The van der Waals surface area contributed by atoms with Crippen LogP contribution in [-0.2, 0) is 16.1 Å². The number of hydrogen-bond acceptors (Lipinski definition) is 5. The quantitative estimate of drug-likeness (QED) is 0.828. The monoisotopic (exact) mass is 356 g/mol. The van der Waals surface area contributed by atoms with Crippen molar-refractivity contribution >= 4 is 17.8 Å². The number of furan rings is 1. The van der Waals surface area contributed by atoms with Crippen LogP contribution in [-0.4, -0.2) is 42.4 Å². The van der Waals surface area contributed by atoms with Gasteiger partial charge in [0.1, 0.15) is 6.04 Å². The van der Waals surface area contributed by atoms with Crippen molar-refractivity contribution in [3.8, 4) is 0 Å². The second kappa shape index (κ2) is 7.86. The van der Waals surface area contributed by atoms with E-state index >= 15 is 0 Å². The summed E-state index contributed by atoms with van der Waals surface area (Å²) in [6, 6.07) is 9.56. The Kier molecular flexibility index (Phi) is 5.36. The average Bonchev–Trinajstić information content (AvgIpc) is 3.37. The maximum atomic E-state index is 12.5. The van der Waals surface area contributed by atoms with E-state index in [4.69, 9.17) is 4.42 Å². The molecule has 2 aromatic rings. The highest BCUT2D eigenvalue weighted by Crippen LogP contribution is 2.20. The minimum atomic E-state index is -0.498. The van der Waals surface area contributed by atoms with Gasteiger partial charge < -0.3 is 19.4 Å². The van der Waals surface area contributed by atoms with Gasteiger partial charge in [-0.2, -0.15) is 0 Å². The van der Waals surface area contributed by atoms with E-state index in [2.05, 4.69) is 10.1 Å². The molecule has 136 valence electrons. The zero-order valence-electron chi connectivity index (χ0n) is 14.4. The molecule has 26 heavy (non-hydrogen) atoms. The van der Waals surface area contributed by atoms with Crippen LogP contribution >= 0.6 is 0 Å². The van der Waals surface area contributed by atoms with Gasteiger partial charge in [0.25, 0.3) is 5.91 Å². The summed E-state index contributed by atoms with van der Waals surface area (Å²) in [6.45, 7) is 0.852. The Morgan fingerprint density at radius 2 is 2.00 bits per heavy atom. The van der Waals surface area contributed by atoms with E-state index in [1.165, 1.54) is 13.4 Å². The smallest absolute Gasteiger partial charge is 0.337 e. The van der Waals surface area contributed by atoms with Crippen molar-refractivity contribution in [2.45, 2.75) is 25.4 Å². The molecule has 1 fully saturated rings. The lowest BCUT2D eigenvalue weighted by molar-refractivity contribution is -0.125. The van der Waals surface area contributed by atoms with Gasteiger partial charge in [-0.3, -0.25) is 9.59 Å². The van der Waals surface area contributed by atoms with Crippen LogP contribution in [0.25, 0.3) is 0 Å². The molecule has 0 saturated carbocycles. The Morgan fingerprint density at radius 1 is 1.23 bits per heavy atom. The van der Waals surface area contributed by atoms with Gasteiger partial charge >= 0.3 is 5.97 Å². The van der Waals surface area contributed by atoms with Crippen molar-refractivity contribution in [3.05, 3.63) is 59.5 Å². The Bertz CT molecular complexity index is 783. The van der Waals surface area contributed by atoms with Crippen molar-refractivity contribution in [1.29, 1.82) is 0 Å². The van der Waals surface area contributed by atoms with Crippen molar-refractivity contribution in [1.82, 2.24) is 10.2 Å². The molecule has 0 bridgehead atoms. The highest BCUT2D eigenvalue weighted by Gasteiger charge is 2.35. The summed E-state index contributed by atoms with van der Waals surface area (Å²) in [7, 11) is 1.33. The maximum Gasteiger partial charge on any atom is 0.337 e. The van der Waals surface area contributed by atoms with Crippen LogP contribution in [0.2, 0.25) is 0 Å². The second-order valence-corrected chi connectivity index (χ2v) is 6.04. The molecule has 1 aromatic carbocycles. The molecule has 1 atom stereocenters. The number of amides is 2. The maximum absolute atomic E-state index is 12.5. The predicted octanol–water partition coefficient (Wildman–Crippen LogP) is 1.99. The minimum absolute atomic E-state index is 0.195. The third-order valence-electron chi connectivity index (χ3n) is 4.39. The minimum Gasteiger partial charge on any atom is -0.465 e. The fourth-order valence-corrected chi connectivity index (χ4v) is 3.01. The zero-order valence-corrected chi connectivity index (χ0v) is 14.4. The highest BCUT2D eigenvalue weighted by atomic mass is 16.5. The fraction of sp³-hybridized carbons (Fsp3) is 0.316. The van der Waals surface area contributed by atoms with Crippen LogP contribution in [0.5, 0.6) is 0 Å². The lowest BCUT2D eigenvalue weighted by atomic mass is 10.1. The highest BCUT2D eigenvalue weighted by molar-refractivity contribution is 5.96. The number of rotatable bonds is 5. The molecule has 2 amide bonds. The van der Waals surface area contributed by atoms with Crippen LogP contribution in [0.3, 0.4) is 0 Å². The largest absolute Gasteiger partial charge is 0.465 e. The van der Waals surface area contributed by atoms with E-state index in [0.29, 0.717) is 25.1 Å². The second-order valence-electron chi connectivity index (χ2n) is 6.04. The van der Waals surface area contributed by atoms with E-state index in [9.17, 15) is 14.4 Å².